The van der Waals surface area contributed by atoms with Gasteiger partial charge in [0.25, 0.3) is 0 Å². The minimum absolute atomic E-state index is 0.0271. The lowest BCUT2D eigenvalue weighted by atomic mass is 10.3. The van der Waals surface area contributed by atoms with Gasteiger partial charge in [0, 0.05) is 6.20 Å². The number of nitrogens with two attached hydrogens (primary N) is 1. The predicted octanol–water partition coefficient (Wildman–Crippen LogP) is 3.06. The number of pyridine rings is 1. The molecule has 110 valence electrons. The first-order valence-corrected chi connectivity index (χ1v) is 5.69. The summed E-state index contributed by atoms with van der Waals surface area (Å²) in [6, 6.07) is 8.24. The molecule has 0 amide bonds. The van der Waals surface area contributed by atoms with Gasteiger partial charge in [0.2, 0.25) is 0 Å². The molecule has 0 aliphatic carbocycles. The van der Waals surface area contributed by atoms with Crippen LogP contribution in [0.2, 0.25) is 0 Å². The molecule has 2 aromatic rings. The van der Waals surface area contributed by atoms with Gasteiger partial charge < -0.3 is 15.2 Å². The number of rotatable bonds is 4. The van der Waals surface area contributed by atoms with E-state index in [0.717, 1.165) is 6.07 Å². The number of ether oxygens (including phenoxy) is 2. The van der Waals surface area contributed by atoms with Crippen LogP contribution in [0.1, 0.15) is 5.69 Å². The fourth-order valence-corrected chi connectivity index (χ4v) is 1.54. The SMILES string of the molecule is N=C(N)c1ncccc1Oc1ccccc1OC(F)(F)F. The Morgan fingerprint density at radius 2 is 1.67 bits per heavy atom. The minimum atomic E-state index is -4.84. The number of para-hydroxylation sites is 2. The van der Waals surface area contributed by atoms with E-state index in [1.807, 2.05) is 0 Å². The van der Waals surface area contributed by atoms with E-state index < -0.39 is 12.1 Å². The Labute approximate surface area is 117 Å². The third-order valence-electron chi connectivity index (χ3n) is 2.32. The van der Waals surface area contributed by atoms with Crippen LogP contribution in [0.15, 0.2) is 42.6 Å². The average molecular weight is 297 g/mol. The lowest BCUT2D eigenvalue weighted by Gasteiger charge is -2.14. The largest absolute Gasteiger partial charge is 0.573 e. The van der Waals surface area contributed by atoms with Crippen molar-refractivity contribution in [1.82, 2.24) is 4.98 Å². The standard InChI is InChI=1S/C13H10F3N3O2/c14-13(15,16)21-9-5-2-1-4-8(9)20-10-6-3-7-19-11(10)12(17)18/h1-7H,(H3,17,18). The van der Waals surface area contributed by atoms with Gasteiger partial charge in [-0.1, -0.05) is 12.1 Å². The Balaban J connectivity index is 2.35. The Kier molecular flexibility index (Phi) is 3.97. The van der Waals surface area contributed by atoms with E-state index in [2.05, 4.69) is 9.72 Å². The third-order valence-corrected chi connectivity index (χ3v) is 2.32. The quantitative estimate of drug-likeness (QED) is 0.671. The maximum atomic E-state index is 12.3. The van der Waals surface area contributed by atoms with E-state index in [1.165, 1.54) is 36.5 Å². The van der Waals surface area contributed by atoms with Gasteiger partial charge in [0.15, 0.2) is 17.2 Å². The van der Waals surface area contributed by atoms with Gasteiger partial charge in [-0.25, -0.2) is 4.98 Å². The van der Waals surface area contributed by atoms with Crippen molar-refractivity contribution in [2.45, 2.75) is 6.36 Å². The van der Waals surface area contributed by atoms with Crippen molar-refractivity contribution in [1.29, 1.82) is 5.41 Å². The van der Waals surface area contributed by atoms with Gasteiger partial charge in [-0.2, -0.15) is 0 Å². The number of aromatic nitrogens is 1. The highest BCUT2D eigenvalue weighted by Crippen LogP contribution is 2.35. The van der Waals surface area contributed by atoms with Gasteiger partial charge in [0.1, 0.15) is 11.5 Å². The van der Waals surface area contributed by atoms with Gasteiger partial charge in [0.05, 0.1) is 0 Å². The molecule has 2 rings (SSSR count). The van der Waals surface area contributed by atoms with Crippen molar-refractivity contribution in [3.63, 3.8) is 0 Å². The Bertz CT molecular complexity index is 659. The van der Waals surface area contributed by atoms with Gasteiger partial charge >= 0.3 is 6.36 Å². The summed E-state index contributed by atoms with van der Waals surface area (Å²) in [7, 11) is 0. The fourth-order valence-electron chi connectivity index (χ4n) is 1.54. The Hall–Kier alpha value is -2.77. The van der Waals surface area contributed by atoms with Crippen molar-refractivity contribution < 1.29 is 22.6 Å². The number of halogens is 3. The molecule has 0 saturated heterocycles. The highest BCUT2D eigenvalue weighted by atomic mass is 19.4. The number of hydrogen-bond donors (Lipinski definition) is 2. The fraction of sp³-hybridized carbons (Fsp3) is 0.0769. The number of benzene rings is 1. The minimum Gasteiger partial charge on any atom is -0.451 e. The molecule has 1 heterocycles. The topological polar surface area (TPSA) is 81.2 Å². The molecule has 0 fully saturated rings. The summed E-state index contributed by atoms with van der Waals surface area (Å²) in [6.45, 7) is 0. The van der Waals surface area contributed by atoms with Crippen molar-refractivity contribution in [2.24, 2.45) is 5.73 Å². The summed E-state index contributed by atoms with van der Waals surface area (Å²) in [5, 5.41) is 7.36. The second-order valence-corrected chi connectivity index (χ2v) is 3.86. The lowest BCUT2D eigenvalue weighted by molar-refractivity contribution is -0.275. The lowest BCUT2D eigenvalue weighted by Crippen LogP contribution is -2.18. The zero-order valence-corrected chi connectivity index (χ0v) is 10.5. The maximum Gasteiger partial charge on any atom is 0.573 e. The molecule has 0 unspecified atom stereocenters. The smallest absolute Gasteiger partial charge is 0.451 e. The molecule has 3 N–H and O–H groups in total. The Morgan fingerprint density at radius 1 is 1.05 bits per heavy atom. The molecule has 0 saturated carbocycles. The molecular formula is C13H10F3N3O2. The summed E-state index contributed by atoms with van der Waals surface area (Å²) in [5.74, 6) is -0.961. The zero-order valence-electron chi connectivity index (χ0n) is 10.5. The summed E-state index contributed by atoms with van der Waals surface area (Å²) in [5.41, 5.74) is 5.36. The summed E-state index contributed by atoms with van der Waals surface area (Å²) in [6.07, 6.45) is -3.44. The number of alkyl halides is 3. The zero-order chi connectivity index (χ0) is 15.5. The van der Waals surface area contributed by atoms with Crippen LogP contribution in [0.5, 0.6) is 17.2 Å². The van der Waals surface area contributed by atoms with Gasteiger partial charge in [-0.15, -0.1) is 13.2 Å². The highest BCUT2D eigenvalue weighted by molar-refractivity contribution is 5.95. The number of amidine groups is 1. The molecule has 0 atom stereocenters. The van der Waals surface area contributed by atoms with Crippen LogP contribution in [0.3, 0.4) is 0 Å². The first-order valence-electron chi connectivity index (χ1n) is 5.69. The molecule has 0 bridgehead atoms. The summed E-state index contributed by atoms with van der Waals surface area (Å²) in [4.78, 5) is 3.84. The van der Waals surface area contributed by atoms with Gasteiger partial charge in [-0.3, -0.25) is 5.41 Å². The maximum absolute atomic E-state index is 12.3. The first kappa shape index (κ1) is 14.6. The van der Waals surface area contributed by atoms with Crippen LogP contribution >= 0.6 is 0 Å². The molecule has 1 aromatic heterocycles. The number of hydrogen-bond acceptors (Lipinski definition) is 4. The molecule has 8 heteroatoms. The average Bonchev–Trinajstić information content (AvgIpc) is 2.40. The van der Waals surface area contributed by atoms with E-state index >= 15 is 0 Å². The summed E-state index contributed by atoms with van der Waals surface area (Å²) < 4.78 is 46.2. The molecule has 21 heavy (non-hydrogen) atoms. The number of nitrogens with one attached hydrogen (secondary N) is 1. The van der Waals surface area contributed by atoms with Crippen LogP contribution in [-0.4, -0.2) is 17.2 Å². The van der Waals surface area contributed by atoms with Crippen molar-refractivity contribution in [3.05, 3.63) is 48.3 Å². The van der Waals surface area contributed by atoms with E-state index in [-0.39, 0.29) is 23.0 Å². The molecule has 0 aliphatic heterocycles. The molecule has 0 radical (unpaired) electrons. The normalized spacial score (nSPS) is 11.0. The highest BCUT2D eigenvalue weighted by Gasteiger charge is 2.32. The van der Waals surface area contributed by atoms with Crippen LogP contribution in [-0.2, 0) is 0 Å². The number of nitrogens with zero attached hydrogens (tertiary/aromatic N) is 1. The monoisotopic (exact) mass is 297 g/mol. The molecule has 5 nitrogen and oxygen atoms in total. The van der Waals surface area contributed by atoms with E-state index in [9.17, 15) is 13.2 Å². The van der Waals surface area contributed by atoms with Crippen LogP contribution < -0.4 is 15.2 Å². The third kappa shape index (κ3) is 3.85. The Morgan fingerprint density at radius 3 is 2.29 bits per heavy atom. The van der Waals surface area contributed by atoms with Crippen LogP contribution in [0.25, 0.3) is 0 Å². The molecule has 0 spiro atoms. The first-order chi connectivity index (χ1) is 9.87. The van der Waals surface area contributed by atoms with Crippen molar-refractivity contribution in [3.8, 4) is 17.2 Å². The van der Waals surface area contributed by atoms with Crippen molar-refractivity contribution >= 4 is 5.84 Å². The second-order valence-electron chi connectivity index (χ2n) is 3.86. The van der Waals surface area contributed by atoms with E-state index in [0.29, 0.717) is 0 Å². The van der Waals surface area contributed by atoms with E-state index in [4.69, 9.17) is 15.9 Å². The van der Waals surface area contributed by atoms with Crippen molar-refractivity contribution in [2.75, 3.05) is 0 Å². The van der Waals surface area contributed by atoms with Gasteiger partial charge in [-0.05, 0) is 24.3 Å². The predicted molar refractivity (Wildman–Crippen MR) is 68.5 cm³/mol. The van der Waals surface area contributed by atoms with E-state index in [1.54, 1.807) is 0 Å². The molecular weight excluding hydrogens is 287 g/mol. The van der Waals surface area contributed by atoms with Crippen LogP contribution in [0.4, 0.5) is 13.2 Å². The second kappa shape index (κ2) is 5.70. The summed E-state index contributed by atoms with van der Waals surface area (Å²) >= 11 is 0. The number of nitrogen functional groups attached to an aromatic ring is 1. The van der Waals surface area contributed by atoms with Crippen LogP contribution in [0, 0.1) is 5.41 Å². The molecule has 1 aromatic carbocycles. The molecule has 0 aliphatic rings.